The fourth-order valence-corrected chi connectivity index (χ4v) is 3.84. The number of amides is 1. The molecule has 0 radical (unpaired) electrons. The molecule has 1 unspecified atom stereocenters. The zero-order valence-electron chi connectivity index (χ0n) is 15.5. The third-order valence-corrected chi connectivity index (χ3v) is 5.37. The van der Waals surface area contributed by atoms with Gasteiger partial charge >= 0.3 is 0 Å². The van der Waals surface area contributed by atoms with E-state index in [9.17, 15) is 9.18 Å². The molecule has 148 valence electrons. The quantitative estimate of drug-likeness (QED) is 0.714. The maximum absolute atomic E-state index is 14.4. The molecular weight excluding hydrogens is 383 g/mol. The van der Waals surface area contributed by atoms with Gasteiger partial charge in [0.25, 0.3) is 0 Å². The van der Waals surface area contributed by atoms with Gasteiger partial charge in [0.2, 0.25) is 5.91 Å². The number of allylic oxidation sites excluding steroid dienone is 2. The molecule has 3 N–H and O–H groups in total. The summed E-state index contributed by atoms with van der Waals surface area (Å²) in [5, 5.41) is 9.87. The smallest absolute Gasteiger partial charge is 0.245 e. The Labute approximate surface area is 167 Å². The van der Waals surface area contributed by atoms with E-state index in [1.54, 1.807) is 17.3 Å². The molecule has 3 aliphatic heterocycles. The standard InChI is InChI=1S/C19H22ClFN6O/c1-2-27-6-4-3-5-15(19(27)28)25-18-14(21)10-24-17(26-18)13-9-23-16-12(13)7-11(20)8-22-16/h7-10,15-16,22-23H,2-6H2,1H3,(H,24,25,26)/t15-,16?/m0/s1. The number of nitrogens with one attached hydrogen (secondary N) is 3. The zero-order valence-corrected chi connectivity index (χ0v) is 16.3. The molecule has 1 fully saturated rings. The summed E-state index contributed by atoms with van der Waals surface area (Å²) >= 11 is 6.09. The van der Waals surface area contributed by atoms with Crippen molar-refractivity contribution < 1.29 is 9.18 Å². The Bertz CT molecular complexity index is 883. The molecule has 1 aromatic rings. The van der Waals surface area contributed by atoms with Crippen molar-refractivity contribution >= 4 is 28.9 Å². The van der Waals surface area contributed by atoms with Crippen LogP contribution in [0.25, 0.3) is 5.57 Å². The molecule has 1 saturated heterocycles. The molecule has 3 aliphatic rings. The maximum atomic E-state index is 14.4. The number of fused-ring (bicyclic) bond motifs is 1. The van der Waals surface area contributed by atoms with Gasteiger partial charge in [-0.05, 0) is 32.3 Å². The highest BCUT2D eigenvalue weighted by molar-refractivity contribution is 6.31. The van der Waals surface area contributed by atoms with Crippen LogP contribution in [0.3, 0.4) is 0 Å². The van der Waals surface area contributed by atoms with Gasteiger partial charge in [-0.25, -0.2) is 14.4 Å². The topological polar surface area (TPSA) is 82.2 Å². The van der Waals surface area contributed by atoms with E-state index in [1.807, 2.05) is 13.0 Å². The van der Waals surface area contributed by atoms with E-state index in [-0.39, 0.29) is 17.9 Å². The molecule has 1 amide bonds. The number of halogens is 2. The SMILES string of the molecule is CCN1CCCC[C@H](Nc2nc(C3=CNC4NC=C(Cl)C=C34)ncc2F)C1=O. The Morgan fingerprint density at radius 2 is 2.18 bits per heavy atom. The van der Waals surface area contributed by atoms with E-state index in [0.29, 0.717) is 23.8 Å². The molecule has 0 spiro atoms. The molecule has 0 saturated carbocycles. The predicted molar refractivity (Wildman–Crippen MR) is 106 cm³/mol. The van der Waals surface area contributed by atoms with E-state index in [4.69, 9.17) is 11.6 Å². The highest BCUT2D eigenvalue weighted by atomic mass is 35.5. The van der Waals surface area contributed by atoms with Crippen LogP contribution in [-0.2, 0) is 4.79 Å². The van der Waals surface area contributed by atoms with Gasteiger partial charge in [-0.3, -0.25) is 4.79 Å². The van der Waals surface area contributed by atoms with Crippen molar-refractivity contribution in [1.82, 2.24) is 25.5 Å². The van der Waals surface area contributed by atoms with Gasteiger partial charge in [-0.15, -0.1) is 0 Å². The largest absolute Gasteiger partial charge is 0.367 e. The molecule has 4 heterocycles. The van der Waals surface area contributed by atoms with E-state index < -0.39 is 11.9 Å². The summed E-state index contributed by atoms with van der Waals surface area (Å²) in [6, 6.07) is -0.490. The molecule has 4 rings (SSSR count). The number of carbonyl (C=O) groups is 1. The minimum absolute atomic E-state index is 0.0162. The lowest BCUT2D eigenvalue weighted by molar-refractivity contribution is -0.131. The van der Waals surface area contributed by atoms with Crippen molar-refractivity contribution in [1.29, 1.82) is 0 Å². The van der Waals surface area contributed by atoms with Crippen molar-refractivity contribution in [3.8, 4) is 0 Å². The van der Waals surface area contributed by atoms with Gasteiger partial charge in [0.05, 0.1) is 11.2 Å². The van der Waals surface area contributed by atoms with Gasteiger partial charge in [0.15, 0.2) is 17.5 Å². The average molecular weight is 405 g/mol. The number of aromatic nitrogens is 2. The molecule has 0 bridgehead atoms. The van der Waals surface area contributed by atoms with Crippen LogP contribution in [0.1, 0.15) is 32.0 Å². The molecule has 1 aromatic heterocycles. The Kier molecular flexibility index (Phi) is 5.21. The summed E-state index contributed by atoms with van der Waals surface area (Å²) in [7, 11) is 0. The first-order chi connectivity index (χ1) is 13.6. The number of hydrogen-bond acceptors (Lipinski definition) is 6. The van der Waals surface area contributed by atoms with Crippen LogP contribution < -0.4 is 16.0 Å². The minimum Gasteiger partial charge on any atom is -0.367 e. The molecule has 2 atom stereocenters. The molecule has 9 heteroatoms. The summed E-state index contributed by atoms with van der Waals surface area (Å²) in [6.07, 6.45) is 8.81. The summed E-state index contributed by atoms with van der Waals surface area (Å²) in [5.74, 6) is -0.193. The number of carbonyl (C=O) groups excluding carboxylic acids is 1. The second-order valence-electron chi connectivity index (χ2n) is 6.95. The number of likely N-dealkylation sites (N-methyl/N-ethyl adjacent to an activating group) is 1. The summed E-state index contributed by atoms with van der Waals surface area (Å²) in [5.41, 5.74) is 1.61. The van der Waals surface area contributed by atoms with Crippen molar-refractivity contribution in [2.45, 2.75) is 38.4 Å². The number of nitrogens with zero attached hydrogens (tertiary/aromatic N) is 3. The van der Waals surface area contributed by atoms with E-state index in [1.165, 1.54) is 0 Å². The Hall–Kier alpha value is -2.61. The van der Waals surface area contributed by atoms with Crippen molar-refractivity contribution in [3.63, 3.8) is 0 Å². The monoisotopic (exact) mass is 404 g/mol. The fourth-order valence-electron chi connectivity index (χ4n) is 3.66. The molecule has 0 aromatic carbocycles. The third kappa shape index (κ3) is 3.56. The van der Waals surface area contributed by atoms with E-state index >= 15 is 0 Å². The zero-order chi connectivity index (χ0) is 19.7. The number of dihydropyridines is 1. The van der Waals surface area contributed by atoms with Crippen LogP contribution in [0, 0.1) is 5.82 Å². The van der Waals surface area contributed by atoms with Crippen LogP contribution in [0.2, 0.25) is 0 Å². The Morgan fingerprint density at radius 1 is 1.36 bits per heavy atom. The lowest BCUT2D eigenvalue weighted by Crippen LogP contribution is -2.41. The lowest BCUT2D eigenvalue weighted by atomic mass is 10.0. The van der Waals surface area contributed by atoms with Crippen LogP contribution in [0.5, 0.6) is 0 Å². The lowest BCUT2D eigenvalue weighted by Gasteiger charge is -2.24. The average Bonchev–Trinajstić information content (AvgIpc) is 3.02. The highest BCUT2D eigenvalue weighted by Crippen LogP contribution is 2.31. The van der Waals surface area contributed by atoms with Crippen molar-refractivity contribution in [3.05, 3.63) is 46.9 Å². The number of rotatable bonds is 4. The van der Waals surface area contributed by atoms with Crippen molar-refractivity contribution in [2.75, 3.05) is 18.4 Å². The number of hydrogen-bond donors (Lipinski definition) is 3. The minimum atomic E-state index is -0.583. The van der Waals surface area contributed by atoms with Crippen LogP contribution in [0.4, 0.5) is 10.2 Å². The summed E-state index contributed by atoms with van der Waals surface area (Å²) in [6.45, 7) is 3.33. The second-order valence-corrected chi connectivity index (χ2v) is 7.39. The first kappa shape index (κ1) is 18.7. The van der Waals surface area contributed by atoms with Gasteiger partial charge in [0, 0.05) is 36.6 Å². The van der Waals surface area contributed by atoms with E-state index in [2.05, 4.69) is 25.9 Å². The normalized spacial score (nSPS) is 24.3. The van der Waals surface area contributed by atoms with Crippen LogP contribution >= 0.6 is 11.6 Å². The predicted octanol–water partition coefficient (Wildman–Crippen LogP) is 2.31. The van der Waals surface area contributed by atoms with Gasteiger partial charge in [-0.1, -0.05) is 11.6 Å². The molecule has 0 aliphatic carbocycles. The Morgan fingerprint density at radius 3 is 3.00 bits per heavy atom. The highest BCUT2D eigenvalue weighted by Gasteiger charge is 2.30. The summed E-state index contributed by atoms with van der Waals surface area (Å²) in [4.78, 5) is 23.0. The maximum Gasteiger partial charge on any atom is 0.245 e. The van der Waals surface area contributed by atoms with Crippen LogP contribution in [0.15, 0.2) is 35.3 Å². The van der Waals surface area contributed by atoms with Crippen molar-refractivity contribution in [2.24, 2.45) is 0 Å². The fraction of sp³-hybridized carbons (Fsp3) is 0.421. The van der Waals surface area contributed by atoms with Gasteiger partial charge in [0.1, 0.15) is 12.2 Å². The first-order valence-electron chi connectivity index (χ1n) is 9.45. The first-order valence-corrected chi connectivity index (χ1v) is 9.82. The molecular formula is C19H22ClFN6O. The second kappa shape index (κ2) is 7.79. The number of likely N-dealkylation sites (tertiary alicyclic amines) is 1. The number of anilines is 1. The van der Waals surface area contributed by atoms with Crippen LogP contribution in [-0.4, -0.2) is 46.1 Å². The van der Waals surface area contributed by atoms with Gasteiger partial charge < -0.3 is 20.9 Å². The van der Waals surface area contributed by atoms with E-state index in [0.717, 1.165) is 36.7 Å². The van der Waals surface area contributed by atoms with Gasteiger partial charge in [-0.2, -0.15) is 0 Å². The third-order valence-electron chi connectivity index (χ3n) is 5.16. The molecule has 7 nitrogen and oxygen atoms in total. The molecule has 28 heavy (non-hydrogen) atoms. The Balaban J connectivity index is 1.60. The summed E-state index contributed by atoms with van der Waals surface area (Å²) < 4.78 is 14.4.